The largest absolute Gasteiger partial charge is 0.417 e. The maximum atomic E-state index is 15.4. The number of carbonyl (C=O) groups excluding carboxylic acids is 1. The summed E-state index contributed by atoms with van der Waals surface area (Å²) in [4.78, 5) is 20.3. The lowest BCUT2D eigenvalue weighted by Crippen LogP contribution is -2.44. The first kappa shape index (κ1) is 26.8. The van der Waals surface area contributed by atoms with Crippen LogP contribution in [0.25, 0.3) is 5.03 Å². The average Bonchev–Trinajstić information content (AvgIpc) is 3.00. The summed E-state index contributed by atoms with van der Waals surface area (Å²) in [6.07, 6.45) is -1.14. The number of alkyl halides is 3. The van der Waals surface area contributed by atoms with Crippen molar-refractivity contribution < 1.29 is 22.4 Å². The normalized spacial score (nSPS) is 17.6. The molecule has 2 heterocycles. The van der Waals surface area contributed by atoms with Gasteiger partial charge in [-0.3, -0.25) is 14.7 Å². The van der Waals surface area contributed by atoms with E-state index < -0.39 is 34.6 Å². The minimum Gasteiger partial charge on any atom is -0.303 e. The number of thiocarbonyl (C=S) groups is 1. The molecule has 4 rings (SSSR count). The van der Waals surface area contributed by atoms with Crippen molar-refractivity contribution in [2.45, 2.75) is 51.7 Å². The third kappa shape index (κ3) is 4.62. The minimum absolute atomic E-state index is 0.0783. The number of hydrogen-bond donors (Lipinski definition) is 0. The van der Waals surface area contributed by atoms with Gasteiger partial charge in [-0.05, 0) is 75.7 Å². The van der Waals surface area contributed by atoms with Gasteiger partial charge in [-0.15, -0.1) is 0 Å². The van der Waals surface area contributed by atoms with E-state index in [-0.39, 0.29) is 22.2 Å². The number of fused-ring (bicyclic) bond motifs is 1. The fraction of sp³-hybridized carbons (Fsp3) is 0.308. The Morgan fingerprint density at radius 3 is 2.54 bits per heavy atom. The molecule has 0 saturated carbocycles. The number of amides is 1. The van der Waals surface area contributed by atoms with Crippen LogP contribution in [0.15, 0.2) is 41.4 Å². The first-order valence-corrected chi connectivity index (χ1v) is 12.2. The highest BCUT2D eigenvalue weighted by Crippen LogP contribution is 2.43. The van der Waals surface area contributed by atoms with Crippen LogP contribution in [0.5, 0.6) is 0 Å². The summed E-state index contributed by atoms with van der Waals surface area (Å²) in [5.41, 5.74) is -1.88. The standard InChI is InChI=1S/C26H21ClF4N4OS/c1-4-15-6-5-7-20(27)18-10-17(12-21(28)22(18)33-15)35-24(37)34(23(36)25(35,2)3)16-9-8-14(13-32)19(11-16)26(29,30)31/h7-12H,4-6H2,1-3H3. The van der Waals surface area contributed by atoms with Crippen molar-refractivity contribution >= 4 is 62.6 Å². The Labute approximate surface area is 221 Å². The highest BCUT2D eigenvalue weighted by Gasteiger charge is 2.51. The number of nitriles is 1. The molecular formula is C26H21ClF4N4OS. The van der Waals surface area contributed by atoms with Crippen LogP contribution in [0.1, 0.15) is 56.7 Å². The van der Waals surface area contributed by atoms with Crippen LogP contribution in [-0.4, -0.2) is 22.3 Å². The molecular weight excluding hydrogens is 528 g/mol. The smallest absolute Gasteiger partial charge is 0.303 e. The molecule has 5 nitrogen and oxygen atoms in total. The van der Waals surface area contributed by atoms with Crippen LogP contribution in [0.3, 0.4) is 0 Å². The molecule has 2 aliphatic rings. The maximum Gasteiger partial charge on any atom is 0.417 e. The van der Waals surface area contributed by atoms with Gasteiger partial charge in [-0.2, -0.15) is 18.4 Å². The van der Waals surface area contributed by atoms with Crippen molar-refractivity contribution in [3.8, 4) is 6.07 Å². The van der Waals surface area contributed by atoms with E-state index in [1.165, 1.54) is 36.9 Å². The van der Waals surface area contributed by atoms with Crippen LogP contribution < -0.4 is 9.80 Å². The Hall–Kier alpha value is -3.29. The van der Waals surface area contributed by atoms with E-state index in [2.05, 4.69) is 4.99 Å². The van der Waals surface area contributed by atoms with Gasteiger partial charge in [0.15, 0.2) is 10.9 Å². The number of hydrogen-bond acceptors (Lipinski definition) is 4. The van der Waals surface area contributed by atoms with E-state index in [0.717, 1.165) is 16.7 Å². The Balaban J connectivity index is 1.85. The monoisotopic (exact) mass is 548 g/mol. The van der Waals surface area contributed by atoms with Crippen molar-refractivity contribution in [1.82, 2.24) is 0 Å². The third-order valence-corrected chi connectivity index (χ3v) is 7.08. The molecule has 192 valence electrons. The molecule has 2 aliphatic heterocycles. The van der Waals surface area contributed by atoms with Crippen molar-refractivity contribution in [1.29, 1.82) is 5.26 Å². The Morgan fingerprint density at radius 1 is 1.22 bits per heavy atom. The zero-order valence-corrected chi connectivity index (χ0v) is 21.7. The highest BCUT2D eigenvalue weighted by atomic mass is 35.5. The predicted octanol–water partition coefficient (Wildman–Crippen LogP) is 7.49. The fourth-order valence-electron chi connectivity index (χ4n) is 4.41. The first-order chi connectivity index (χ1) is 17.3. The summed E-state index contributed by atoms with van der Waals surface area (Å²) in [5, 5.41) is 9.26. The molecule has 0 bridgehead atoms. The number of carbonyl (C=O) groups is 1. The number of allylic oxidation sites excluding steroid dienone is 1. The Morgan fingerprint density at radius 2 is 1.92 bits per heavy atom. The lowest BCUT2D eigenvalue weighted by molar-refractivity contribution is -0.137. The van der Waals surface area contributed by atoms with E-state index in [1.54, 1.807) is 12.1 Å². The average molecular weight is 549 g/mol. The van der Waals surface area contributed by atoms with E-state index in [9.17, 15) is 18.0 Å². The van der Waals surface area contributed by atoms with Gasteiger partial charge in [-0.25, -0.2) is 4.39 Å². The van der Waals surface area contributed by atoms with Gasteiger partial charge >= 0.3 is 6.18 Å². The van der Waals surface area contributed by atoms with Crippen LogP contribution in [0, 0.1) is 17.1 Å². The summed E-state index contributed by atoms with van der Waals surface area (Å²) >= 11 is 12.0. The van der Waals surface area contributed by atoms with E-state index >= 15 is 4.39 Å². The SMILES string of the molecule is CCC1=Nc2c(F)cc(N3C(=S)N(c4ccc(C#N)c(C(F)(F)F)c4)C(=O)C3(C)C)cc2C(Cl)=CCC1. The van der Waals surface area contributed by atoms with Crippen LogP contribution in [-0.2, 0) is 11.0 Å². The van der Waals surface area contributed by atoms with E-state index in [1.807, 2.05) is 6.92 Å². The van der Waals surface area contributed by atoms with Gasteiger partial charge in [0.1, 0.15) is 11.2 Å². The first-order valence-electron chi connectivity index (χ1n) is 11.4. The van der Waals surface area contributed by atoms with Crippen LogP contribution in [0.4, 0.5) is 34.6 Å². The summed E-state index contributed by atoms with van der Waals surface area (Å²) in [7, 11) is 0. The second-order valence-corrected chi connectivity index (χ2v) is 9.88. The van der Waals surface area contributed by atoms with Crippen LogP contribution in [0.2, 0.25) is 0 Å². The van der Waals surface area contributed by atoms with Crippen LogP contribution >= 0.6 is 23.8 Å². The van der Waals surface area contributed by atoms with E-state index in [4.69, 9.17) is 29.1 Å². The van der Waals surface area contributed by atoms with Crippen molar-refractivity contribution in [3.63, 3.8) is 0 Å². The van der Waals surface area contributed by atoms with Gasteiger partial charge in [0, 0.05) is 22.0 Å². The molecule has 1 fully saturated rings. The summed E-state index contributed by atoms with van der Waals surface area (Å²) in [5.74, 6) is -1.29. The summed E-state index contributed by atoms with van der Waals surface area (Å²) in [6, 6.07) is 7.20. The molecule has 0 unspecified atom stereocenters. The lowest BCUT2D eigenvalue weighted by Gasteiger charge is -2.30. The molecule has 11 heteroatoms. The second-order valence-electron chi connectivity index (χ2n) is 9.10. The third-order valence-electron chi connectivity index (χ3n) is 6.35. The number of halogens is 5. The fourth-order valence-corrected chi connectivity index (χ4v) is 5.19. The number of nitrogens with zero attached hydrogens (tertiary/aromatic N) is 4. The molecule has 1 saturated heterocycles. The highest BCUT2D eigenvalue weighted by molar-refractivity contribution is 7.81. The predicted molar refractivity (Wildman–Crippen MR) is 140 cm³/mol. The topological polar surface area (TPSA) is 59.7 Å². The molecule has 0 aliphatic carbocycles. The van der Waals surface area contributed by atoms with E-state index in [0.29, 0.717) is 35.9 Å². The molecule has 0 spiro atoms. The maximum absolute atomic E-state index is 15.4. The van der Waals surface area contributed by atoms with Crippen molar-refractivity contribution in [2.24, 2.45) is 4.99 Å². The Kier molecular flexibility index (Phi) is 6.90. The minimum atomic E-state index is -4.82. The van der Waals surface area contributed by atoms with Crippen molar-refractivity contribution in [3.05, 3.63) is 58.9 Å². The van der Waals surface area contributed by atoms with Gasteiger partial charge in [0.25, 0.3) is 5.91 Å². The zero-order chi connectivity index (χ0) is 27.3. The van der Waals surface area contributed by atoms with Gasteiger partial charge in [0.05, 0.1) is 22.9 Å². The number of aliphatic imine (C=N–C) groups is 1. The molecule has 1 amide bonds. The quantitative estimate of drug-likeness (QED) is 0.294. The molecule has 2 aromatic carbocycles. The molecule has 2 aromatic rings. The summed E-state index contributed by atoms with van der Waals surface area (Å²) < 4.78 is 56.2. The van der Waals surface area contributed by atoms with Gasteiger partial charge in [0.2, 0.25) is 0 Å². The van der Waals surface area contributed by atoms with Gasteiger partial charge in [-0.1, -0.05) is 24.6 Å². The van der Waals surface area contributed by atoms with Gasteiger partial charge < -0.3 is 4.90 Å². The second kappa shape index (κ2) is 9.54. The molecule has 0 atom stereocenters. The molecule has 0 N–H and O–H groups in total. The zero-order valence-electron chi connectivity index (χ0n) is 20.1. The molecule has 0 aromatic heterocycles. The lowest BCUT2D eigenvalue weighted by atomic mass is 10.0. The molecule has 0 radical (unpaired) electrons. The number of benzene rings is 2. The number of rotatable bonds is 3. The number of anilines is 2. The summed E-state index contributed by atoms with van der Waals surface area (Å²) in [6.45, 7) is 5.00. The Bertz CT molecular complexity index is 1420. The molecule has 37 heavy (non-hydrogen) atoms. The van der Waals surface area contributed by atoms with Crippen molar-refractivity contribution in [2.75, 3.05) is 9.80 Å².